The molecule has 4 rings (SSSR count). The SMILES string of the molecule is CCOC(=O)N1CCC(N(c2ccc(F)cc2)c2nc3ccccc3[nH]2)CC1. The van der Waals surface area contributed by atoms with Crippen LogP contribution >= 0.6 is 0 Å². The Labute approximate surface area is 162 Å². The number of aromatic amines is 1. The lowest BCUT2D eigenvalue weighted by atomic mass is 10.0. The second kappa shape index (κ2) is 7.88. The van der Waals surface area contributed by atoms with E-state index >= 15 is 0 Å². The van der Waals surface area contributed by atoms with Gasteiger partial charge in [-0.05, 0) is 56.2 Å². The molecule has 0 radical (unpaired) electrons. The average molecular weight is 382 g/mol. The van der Waals surface area contributed by atoms with Gasteiger partial charge in [0.25, 0.3) is 0 Å². The van der Waals surface area contributed by atoms with E-state index in [9.17, 15) is 9.18 Å². The van der Waals surface area contributed by atoms with Crippen LogP contribution in [0.15, 0.2) is 48.5 Å². The number of ether oxygens (including phenoxy) is 1. The number of fused-ring (bicyclic) bond motifs is 1. The molecule has 0 spiro atoms. The van der Waals surface area contributed by atoms with Gasteiger partial charge in [0.05, 0.1) is 17.6 Å². The van der Waals surface area contributed by atoms with Gasteiger partial charge >= 0.3 is 6.09 Å². The standard InChI is InChI=1S/C21H23FN4O2/c1-2-28-21(27)25-13-11-17(12-14-25)26(16-9-7-15(22)8-10-16)20-23-18-5-3-4-6-19(18)24-20/h3-10,17H,2,11-14H2,1H3,(H,23,24). The van der Waals surface area contributed by atoms with Crippen molar-refractivity contribution in [3.63, 3.8) is 0 Å². The van der Waals surface area contributed by atoms with Crippen molar-refractivity contribution < 1.29 is 13.9 Å². The van der Waals surface area contributed by atoms with Gasteiger partial charge in [-0.1, -0.05) is 12.1 Å². The number of imidazole rings is 1. The van der Waals surface area contributed by atoms with Crippen LogP contribution < -0.4 is 4.90 Å². The van der Waals surface area contributed by atoms with Gasteiger partial charge in [-0.2, -0.15) is 0 Å². The predicted octanol–water partition coefficient (Wildman–Crippen LogP) is 4.46. The van der Waals surface area contributed by atoms with Crippen LogP contribution in [-0.4, -0.2) is 46.7 Å². The third kappa shape index (κ3) is 3.65. The summed E-state index contributed by atoms with van der Waals surface area (Å²) in [5, 5.41) is 0. The number of piperidine rings is 1. The third-order valence-corrected chi connectivity index (χ3v) is 5.07. The quantitative estimate of drug-likeness (QED) is 0.724. The van der Waals surface area contributed by atoms with Crippen molar-refractivity contribution in [2.75, 3.05) is 24.6 Å². The van der Waals surface area contributed by atoms with Crippen LogP contribution in [-0.2, 0) is 4.74 Å². The van der Waals surface area contributed by atoms with Gasteiger partial charge in [0.1, 0.15) is 5.82 Å². The van der Waals surface area contributed by atoms with Gasteiger partial charge < -0.3 is 19.5 Å². The number of amides is 1. The Balaban J connectivity index is 1.62. The Morgan fingerprint density at radius 3 is 2.61 bits per heavy atom. The largest absolute Gasteiger partial charge is 0.450 e. The lowest BCUT2D eigenvalue weighted by molar-refractivity contribution is 0.0973. The van der Waals surface area contributed by atoms with E-state index in [1.807, 2.05) is 31.2 Å². The average Bonchev–Trinajstić information content (AvgIpc) is 3.14. The molecular weight excluding hydrogens is 359 g/mol. The third-order valence-electron chi connectivity index (χ3n) is 5.07. The summed E-state index contributed by atoms with van der Waals surface area (Å²) >= 11 is 0. The summed E-state index contributed by atoms with van der Waals surface area (Å²) in [5.41, 5.74) is 2.71. The molecule has 0 aliphatic carbocycles. The number of rotatable bonds is 4. The number of para-hydroxylation sites is 2. The number of hydrogen-bond acceptors (Lipinski definition) is 4. The number of nitrogens with zero attached hydrogens (tertiary/aromatic N) is 3. The zero-order valence-electron chi connectivity index (χ0n) is 15.8. The van der Waals surface area contributed by atoms with Crippen molar-refractivity contribution in [2.24, 2.45) is 0 Å². The molecule has 1 aliphatic heterocycles. The van der Waals surface area contributed by atoms with Crippen molar-refractivity contribution in [3.8, 4) is 0 Å². The highest BCUT2D eigenvalue weighted by Crippen LogP contribution is 2.31. The molecule has 1 aliphatic rings. The van der Waals surface area contributed by atoms with Crippen LogP contribution in [0.2, 0.25) is 0 Å². The summed E-state index contributed by atoms with van der Waals surface area (Å²) in [6, 6.07) is 14.4. The summed E-state index contributed by atoms with van der Waals surface area (Å²) in [7, 11) is 0. The van der Waals surface area contributed by atoms with Crippen LogP contribution in [0.25, 0.3) is 11.0 Å². The first-order chi connectivity index (χ1) is 13.7. The van der Waals surface area contributed by atoms with E-state index < -0.39 is 0 Å². The fraction of sp³-hybridized carbons (Fsp3) is 0.333. The molecule has 0 saturated carbocycles. The topological polar surface area (TPSA) is 61.5 Å². The Morgan fingerprint density at radius 1 is 1.21 bits per heavy atom. The molecule has 2 heterocycles. The van der Waals surface area contributed by atoms with Gasteiger partial charge in [-0.25, -0.2) is 14.2 Å². The van der Waals surface area contributed by atoms with E-state index in [-0.39, 0.29) is 18.0 Å². The van der Waals surface area contributed by atoms with E-state index in [0.717, 1.165) is 35.5 Å². The predicted molar refractivity (Wildman–Crippen MR) is 106 cm³/mol. The Morgan fingerprint density at radius 2 is 1.93 bits per heavy atom. The van der Waals surface area contributed by atoms with Crippen molar-refractivity contribution in [3.05, 3.63) is 54.3 Å². The molecule has 0 unspecified atom stereocenters. The second-order valence-electron chi connectivity index (χ2n) is 6.84. The highest BCUT2D eigenvalue weighted by molar-refractivity contribution is 5.79. The summed E-state index contributed by atoms with van der Waals surface area (Å²) in [5.74, 6) is 0.452. The number of anilines is 2. The molecule has 28 heavy (non-hydrogen) atoms. The van der Waals surface area contributed by atoms with Crippen LogP contribution in [0.3, 0.4) is 0 Å². The van der Waals surface area contributed by atoms with Crippen molar-refractivity contribution in [1.82, 2.24) is 14.9 Å². The maximum absolute atomic E-state index is 13.5. The van der Waals surface area contributed by atoms with Gasteiger partial charge in [-0.3, -0.25) is 0 Å². The first-order valence-corrected chi connectivity index (χ1v) is 9.57. The lowest BCUT2D eigenvalue weighted by Gasteiger charge is -2.38. The lowest BCUT2D eigenvalue weighted by Crippen LogP contribution is -2.45. The summed E-state index contributed by atoms with van der Waals surface area (Å²) in [4.78, 5) is 24.0. The fourth-order valence-corrected chi connectivity index (χ4v) is 3.68. The second-order valence-corrected chi connectivity index (χ2v) is 6.84. The zero-order valence-corrected chi connectivity index (χ0v) is 15.8. The van der Waals surface area contributed by atoms with Gasteiger partial charge in [0.2, 0.25) is 5.95 Å². The molecular formula is C21H23FN4O2. The van der Waals surface area contributed by atoms with E-state index in [0.29, 0.717) is 19.7 Å². The number of benzene rings is 2. The van der Waals surface area contributed by atoms with E-state index in [1.54, 1.807) is 17.0 Å². The number of likely N-dealkylation sites (tertiary alicyclic amines) is 1. The molecule has 1 amide bonds. The number of carbonyl (C=O) groups is 1. The minimum atomic E-state index is -0.273. The molecule has 0 bridgehead atoms. The molecule has 3 aromatic rings. The number of H-pyrrole nitrogens is 1. The maximum atomic E-state index is 13.5. The summed E-state index contributed by atoms with van der Waals surface area (Å²) < 4.78 is 18.6. The van der Waals surface area contributed by atoms with Gasteiger partial charge in [0, 0.05) is 24.8 Å². The Hall–Kier alpha value is -3.09. The Kier molecular flexibility index (Phi) is 5.14. The molecule has 1 aromatic heterocycles. The van der Waals surface area contributed by atoms with Crippen LogP contribution in [0.1, 0.15) is 19.8 Å². The molecule has 6 nitrogen and oxygen atoms in total. The molecule has 1 N–H and O–H groups in total. The molecule has 146 valence electrons. The Bertz CT molecular complexity index is 915. The van der Waals surface area contributed by atoms with Crippen molar-refractivity contribution in [1.29, 1.82) is 0 Å². The first-order valence-electron chi connectivity index (χ1n) is 9.57. The normalized spacial score (nSPS) is 15.0. The van der Waals surface area contributed by atoms with E-state index in [4.69, 9.17) is 9.72 Å². The van der Waals surface area contributed by atoms with Crippen LogP contribution in [0.4, 0.5) is 20.8 Å². The number of hydrogen-bond donors (Lipinski definition) is 1. The minimum Gasteiger partial charge on any atom is -0.450 e. The van der Waals surface area contributed by atoms with E-state index in [1.165, 1.54) is 12.1 Å². The number of nitrogens with one attached hydrogen (secondary N) is 1. The van der Waals surface area contributed by atoms with E-state index in [2.05, 4.69) is 9.88 Å². The first kappa shape index (κ1) is 18.3. The molecule has 7 heteroatoms. The molecule has 1 fully saturated rings. The van der Waals surface area contributed by atoms with Crippen molar-refractivity contribution in [2.45, 2.75) is 25.8 Å². The molecule has 0 atom stereocenters. The van der Waals surface area contributed by atoms with Crippen LogP contribution in [0.5, 0.6) is 0 Å². The zero-order chi connectivity index (χ0) is 19.5. The highest BCUT2D eigenvalue weighted by Gasteiger charge is 2.30. The summed E-state index contributed by atoms with van der Waals surface area (Å²) in [6.07, 6.45) is 1.28. The fourth-order valence-electron chi connectivity index (χ4n) is 3.68. The monoisotopic (exact) mass is 382 g/mol. The molecule has 1 saturated heterocycles. The van der Waals surface area contributed by atoms with Gasteiger partial charge in [-0.15, -0.1) is 0 Å². The minimum absolute atomic E-state index is 0.136. The number of carbonyl (C=O) groups excluding carboxylic acids is 1. The maximum Gasteiger partial charge on any atom is 0.409 e. The smallest absolute Gasteiger partial charge is 0.409 e. The van der Waals surface area contributed by atoms with Crippen molar-refractivity contribution >= 4 is 28.8 Å². The molecule has 2 aromatic carbocycles. The summed E-state index contributed by atoms with van der Waals surface area (Å²) in [6.45, 7) is 3.41. The highest BCUT2D eigenvalue weighted by atomic mass is 19.1. The van der Waals surface area contributed by atoms with Crippen LogP contribution in [0, 0.1) is 5.82 Å². The number of aromatic nitrogens is 2. The van der Waals surface area contributed by atoms with Gasteiger partial charge in [0.15, 0.2) is 0 Å². The number of halogens is 1.